The normalized spacial score (nSPS) is 13.1. The summed E-state index contributed by atoms with van der Waals surface area (Å²) in [5, 5.41) is 27.1. The van der Waals surface area contributed by atoms with Crippen LogP contribution in [0.3, 0.4) is 0 Å². The maximum Gasteiger partial charge on any atom is 0.253 e. The molecule has 1 aromatic heterocycles. The Morgan fingerprint density at radius 1 is 0.894 bits per heavy atom. The molecule has 11 heteroatoms. The van der Waals surface area contributed by atoms with Gasteiger partial charge in [-0.3, -0.25) is 19.4 Å². The number of unbranched alkanes of at least 4 members (excludes halogenated alkanes) is 1. The number of hydrogen-bond donors (Lipinski definition) is 5. The number of carbonyl (C=O) groups excluding carboxylic acids is 3. The highest BCUT2D eigenvalue weighted by Crippen LogP contribution is 2.38. The van der Waals surface area contributed by atoms with E-state index < -0.39 is 41.9 Å². The fourth-order valence-corrected chi connectivity index (χ4v) is 6.55. The topological polar surface area (TPSA) is 141 Å². The van der Waals surface area contributed by atoms with Crippen LogP contribution in [0.2, 0.25) is 0 Å². The van der Waals surface area contributed by atoms with Crippen molar-refractivity contribution in [1.29, 1.82) is 0 Å². The molecular formula is C36H54N4O5S2. The molecule has 0 aliphatic rings. The molecule has 1 unspecified atom stereocenters. The molecule has 0 aliphatic heterocycles. The molecule has 3 amide bonds. The fraction of sp³-hybridized carbons (Fsp3) is 0.500. The van der Waals surface area contributed by atoms with Gasteiger partial charge in [0.15, 0.2) is 0 Å². The molecule has 1 heterocycles. The van der Waals surface area contributed by atoms with Gasteiger partial charge >= 0.3 is 0 Å². The Labute approximate surface area is 289 Å². The summed E-state index contributed by atoms with van der Waals surface area (Å²) in [5.74, 6) is -0.370. The molecular weight excluding hydrogens is 633 g/mol. The van der Waals surface area contributed by atoms with Crippen molar-refractivity contribution in [2.24, 2.45) is 0 Å². The van der Waals surface area contributed by atoms with E-state index in [-0.39, 0.29) is 5.91 Å². The van der Waals surface area contributed by atoms with Crippen LogP contribution in [0, 0.1) is 0 Å². The Morgan fingerprint density at radius 2 is 1.49 bits per heavy atom. The van der Waals surface area contributed by atoms with E-state index in [1.165, 1.54) is 27.8 Å². The number of allylic oxidation sites excluding steroid dienone is 10. The summed E-state index contributed by atoms with van der Waals surface area (Å²) in [5.41, 5.74) is 0.309. The highest BCUT2D eigenvalue weighted by atomic mass is 33.1. The third-order valence-corrected chi connectivity index (χ3v) is 9.95. The van der Waals surface area contributed by atoms with Gasteiger partial charge in [0.2, 0.25) is 11.8 Å². The lowest BCUT2D eigenvalue weighted by molar-refractivity contribution is -0.125. The van der Waals surface area contributed by atoms with Gasteiger partial charge in [-0.1, -0.05) is 89.3 Å². The number of nitrogens with zero attached hydrogens (tertiary/aromatic N) is 1. The van der Waals surface area contributed by atoms with Gasteiger partial charge in [-0.05, 0) is 70.9 Å². The van der Waals surface area contributed by atoms with Crippen LogP contribution in [0.5, 0.6) is 0 Å². The van der Waals surface area contributed by atoms with Crippen molar-refractivity contribution in [3.05, 3.63) is 90.9 Å². The van der Waals surface area contributed by atoms with Gasteiger partial charge < -0.3 is 26.2 Å². The van der Waals surface area contributed by atoms with E-state index in [0.29, 0.717) is 24.3 Å². The second-order valence-corrected chi connectivity index (χ2v) is 14.2. The average Bonchev–Trinajstić information content (AvgIpc) is 3.07. The van der Waals surface area contributed by atoms with E-state index >= 15 is 0 Å². The summed E-state index contributed by atoms with van der Waals surface area (Å²) in [6, 6.07) is 1.42. The molecule has 5 N–H and O–H groups in total. The number of hydrogen-bond acceptors (Lipinski definition) is 8. The first-order chi connectivity index (χ1) is 22.7. The van der Waals surface area contributed by atoms with Crippen LogP contribution in [0.1, 0.15) is 82.5 Å². The van der Waals surface area contributed by atoms with Crippen LogP contribution in [-0.2, 0) is 9.59 Å². The van der Waals surface area contributed by atoms with E-state index in [0.717, 1.165) is 44.9 Å². The van der Waals surface area contributed by atoms with Crippen LogP contribution in [0.25, 0.3) is 0 Å². The third kappa shape index (κ3) is 20.7. The molecule has 1 aromatic rings. The molecule has 0 saturated carbocycles. The van der Waals surface area contributed by atoms with Crippen LogP contribution in [-0.4, -0.2) is 75.3 Å². The van der Waals surface area contributed by atoms with E-state index in [1.54, 1.807) is 18.3 Å². The Balaban J connectivity index is 2.32. The number of carbonyl (C=O) groups is 3. The van der Waals surface area contributed by atoms with Gasteiger partial charge in [0.1, 0.15) is 6.04 Å². The summed E-state index contributed by atoms with van der Waals surface area (Å²) in [7, 11) is 2.90. The largest absolute Gasteiger partial charge is 0.394 e. The highest BCUT2D eigenvalue weighted by molar-refractivity contribution is 8.77. The number of amides is 3. The first kappa shape index (κ1) is 41.9. The molecule has 47 heavy (non-hydrogen) atoms. The SMILES string of the molecule is CC/C=C\C/C=C\C/C=C\C/C=C\C/C=C\CCCC(=O)NCCSSC(C)(C)C(NC(=O)c1cccnc1)C(=O)NC(CO)CO. The maximum atomic E-state index is 13.1. The zero-order valence-electron chi connectivity index (χ0n) is 28.1. The van der Waals surface area contributed by atoms with E-state index in [1.807, 2.05) is 13.8 Å². The van der Waals surface area contributed by atoms with E-state index in [2.05, 4.69) is 88.6 Å². The number of nitrogens with one attached hydrogen (secondary N) is 3. The summed E-state index contributed by atoms with van der Waals surface area (Å²) < 4.78 is -0.771. The Hall–Kier alpha value is -3.12. The molecule has 1 atom stereocenters. The lowest BCUT2D eigenvalue weighted by Gasteiger charge is -2.33. The van der Waals surface area contributed by atoms with Crippen LogP contribution in [0.4, 0.5) is 0 Å². The van der Waals surface area contributed by atoms with Gasteiger partial charge in [-0.25, -0.2) is 0 Å². The van der Waals surface area contributed by atoms with E-state index in [9.17, 15) is 24.6 Å². The van der Waals surface area contributed by atoms with Crippen molar-refractivity contribution < 1.29 is 24.6 Å². The van der Waals surface area contributed by atoms with Gasteiger partial charge in [0.25, 0.3) is 5.91 Å². The predicted molar refractivity (Wildman–Crippen MR) is 197 cm³/mol. The second kappa shape index (κ2) is 26.9. The quantitative estimate of drug-likeness (QED) is 0.0491. The first-order valence-electron chi connectivity index (χ1n) is 16.3. The van der Waals surface area contributed by atoms with Crippen molar-refractivity contribution in [3.63, 3.8) is 0 Å². The zero-order valence-corrected chi connectivity index (χ0v) is 29.7. The molecule has 0 aliphatic carbocycles. The Bertz CT molecular complexity index is 1170. The summed E-state index contributed by atoms with van der Waals surface area (Å²) in [6.07, 6.45) is 31.6. The minimum atomic E-state index is -0.973. The average molecular weight is 687 g/mol. The molecule has 0 spiro atoms. The van der Waals surface area contributed by atoms with Crippen molar-refractivity contribution in [2.75, 3.05) is 25.5 Å². The zero-order chi connectivity index (χ0) is 34.6. The number of aromatic nitrogens is 1. The van der Waals surface area contributed by atoms with Gasteiger partial charge in [-0.2, -0.15) is 0 Å². The highest BCUT2D eigenvalue weighted by Gasteiger charge is 2.38. The van der Waals surface area contributed by atoms with Crippen molar-refractivity contribution in [1.82, 2.24) is 20.9 Å². The van der Waals surface area contributed by atoms with Crippen LogP contribution in [0.15, 0.2) is 85.3 Å². The summed E-state index contributed by atoms with van der Waals surface area (Å²) in [4.78, 5) is 42.2. The van der Waals surface area contributed by atoms with Crippen LogP contribution >= 0.6 is 21.6 Å². The lowest BCUT2D eigenvalue weighted by atomic mass is 10.0. The second-order valence-electron chi connectivity index (χ2n) is 11.2. The smallest absolute Gasteiger partial charge is 0.253 e. The van der Waals surface area contributed by atoms with Gasteiger partial charge in [0.05, 0.1) is 24.8 Å². The van der Waals surface area contributed by atoms with Crippen molar-refractivity contribution in [2.45, 2.75) is 89.0 Å². The third-order valence-electron chi connectivity index (χ3n) is 6.66. The molecule has 9 nitrogen and oxygen atoms in total. The molecule has 0 fully saturated rings. The standard InChI is InChI=1S/C36H54N4O5S2/c1-4-5-6-7-8-9-10-11-12-13-14-15-16-17-18-19-20-23-32(43)38-25-26-46-47-36(2,3)33(35(45)39-31(28-41)29-42)40-34(44)30-22-21-24-37-27-30/h5-6,8-9,11-12,14-15,17-18,21-22,24,27,31,33,41-42H,4,7,10,13,16,19-20,23,25-26,28-29H2,1-3H3,(H,38,43)(H,39,45)(H,40,44)/b6-5-,9-8-,12-11-,15-14-,18-17-. The minimum absolute atomic E-state index is 0.00208. The molecule has 0 aromatic carbocycles. The molecule has 0 radical (unpaired) electrons. The molecule has 0 saturated heterocycles. The molecule has 1 rings (SSSR count). The minimum Gasteiger partial charge on any atom is -0.394 e. The number of aliphatic hydroxyl groups excluding tert-OH is 2. The molecule has 0 bridgehead atoms. The van der Waals surface area contributed by atoms with E-state index in [4.69, 9.17) is 0 Å². The number of pyridine rings is 1. The molecule has 260 valence electrons. The predicted octanol–water partition coefficient (Wildman–Crippen LogP) is 5.85. The number of rotatable bonds is 25. The Morgan fingerprint density at radius 3 is 2.04 bits per heavy atom. The first-order valence-corrected chi connectivity index (χ1v) is 18.6. The Kier molecular flexibility index (Phi) is 24.0. The van der Waals surface area contributed by atoms with Crippen molar-refractivity contribution in [3.8, 4) is 0 Å². The van der Waals surface area contributed by atoms with Gasteiger partial charge in [-0.15, -0.1) is 0 Å². The maximum absolute atomic E-state index is 13.1. The summed E-state index contributed by atoms with van der Waals surface area (Å²) >= 11 is 0. The monoisotopic (exact) mass is 686 g/mol. The van der Waals surface area contributed by atoms with Crippen molar-refractivity contribution >= 4 is 39.3 Å². The lowest BCUT2D eigenvalue weighted by Crippen LogP contribution is -2.58. The number of aliphatic hydroxyl groups is 2. The van der Waals surface area contributed by atoms with Crippen LogP contribution < -0.4 is 16.0 Å². The summed E-state index contributed by atoms with van der Waals surface area (Å²) in [6.45, 7) is 5.41. The van der Waals surface area contributed by atoms with Gasteiger partial charge in [0, 0.05) is 35.9 Å². The fourth-order valence-electron chi connectivity index (χ4n) is 4.01.